The van der Waals surface area contributed by atoms with E-state index in [1.54, 1.807) is 6.92 Å². The van der Waals surface area contributed by atoms with Crippen molar-refractivity contribution in [3.63, 3.8) is 0 Å². The van der Waals surface area contributed by atoms with E-state index in [0.29, 0.717) is 17.0 Å². The minimum absolute atomic E-state index is 0.264. The monoisotopic (exact) mass is 256 g/mol. The predicted octanol–water partition coefficient (Wildman–Crippen LogP) is 1.69. The molecule has 94 valence electrons. The minimum Gasteiger partial charge on any atom is -0.462 e. The van der Waals surface area contributed by atoms with Gasteiger partial charge in [-0.2, -0.15) is 0 Å². The van der Waals surface area contributed by atoms with Gasteiger partial charge in [0.05, 0.1) is 17.0 Å². The van der Waals surface area contributed by atoms with Crippen LogP contribution in [0.2, 0.25) is 0 Å². The van der Waals surface area contributed by atoms with E-state index >= 15 is 0 Å². The third kappa shape index (κ3) is 2.97. The number of amides is 1. The molecule has 0 bridgehead atoms. The SMILES string of the molecule is CCCCOC(=O)c1c(N)sc(C(N)=O)c1C. The second-order valence-corrected chi connectivity index (χ2v) is 4.70. The zero-order valence-electron chi connectivity index (χ0n) is 9.91. The average molecular weight is 256 g/mol. The Morgan fingerprint density at radius 1 is 1.41 bits per heavy atom. The van der Waals surface area contributed by atoms with Gasteiger partial charge in [0.1, 0.15) is 5.00 Å². The largest absolute Gasteiger partial charge is 0.462 e. The van der Waals surface area contributed by atoms with E-state index in [2.05, 4.69) is 0 Å². The molecule has 0 fully saturated rings. The molecule has 1 heterocycles. The van der Waals surface area contributed by atoms with Crippen LogP contribution in [0.4, 0.5) is 5.00 Å². The normalized spacial score (nSPS) is 10.2. The Labute approximate surface area is 104 Å². The molecule has 0 aromatic carbocycles. The molecule has 17 heavy (non-hydrogen) atoms. The number of primary amides is 1. The van der Waals surface area contributed by atoms with Crippen LogP contribution in [0.3, 0.4) is 0 Å². The van der Waals surface area contributed by atoms with Crippen LogP contribution in [0.25, 0.3) is 0 Å². The molecule has 4 N–H and O–H groups in total. The highest BCUT2D eigenvalue weighted by atomic mass is 32.1. The average Bonchev–Trinajstić information content (AvgIpc) is 2.54. The summed E-state index contributed by atoms with van der Waals surface area (Å²) >= 11 is 1.02. The van der Waals surface area contributed by atoms with Crippen LogP contribution in [-0.4, -0.2) is 18.5 Å². The van der Waals surface area contributed by atoms with Gasteiger partial charge in [-0.05, 0) is 18.9 Å². The van der Waals surface area contributed by atoms with Crippen LogP contribution in [0.1, 0.15) is 45.4 Å². The second-order valence-electron chi connectivity index (χ2n) is 3.65. The van der Waals surface area contributed by atoms with E-state index in [-0.39, 0.29) is 10.6 Å². The number of rotatable bonds is 5. The fourth-order valence-electron chi connectivity index (χ4n) is 1.41. The lowest BCUT2D eigenvalue weighted by atomic mass is 10.1. The Bertz CT molecular complexity index is 440. The van der Waals surface area contributed by atoms with Gasteiger partial charge in [-0.1, -0.05) is 13.3 Å². The van der Waals surface area contributed by atoms with Crippen molar-refractivity contribution >= 4 is 28.2 Å². The fourth-order valence-corrected chi connectivity index (χ4v) is 2.32. The van der Waals surface area contributed by atoms with Crippen molar-refractivity contribution in [2.45, 2.75) is 26.7 Å². The first-order chi connectivity index (χ1) is 7.99. The van der Waals surface area contributed by atoms with E-state index in [1.165, 1.54) is 0 Å². The third-order valence-corrected chi connectivity index (χ3v) is 3.47. The molecule has 1 rings (SSSR count). The molecular formula is C11H16N2O3S. The third-order valence-electron chi connectivity index (χ3n) is 2.33. The highest BCUT2D eigenvalue weighted by molar-refractivity contribution is 7.18. The number of carbonyl (C=O) groups is 2. The Hall–Kier alpha value is -1.56. The molecular weight excluding hydrogens is 240 g/mol. The zero-order chi connectivity index (χ0) is 13.0. The highest BCUT2D eigenvalue weighted by Gasteiger charge is 2.22. The van der Waals surface area contributed by atoms with E-state index in [4.69, 9.17) is 16.2 Å². The summed E-state index contributed by atoms with van der Waals surface area (Å²) < 4.78 is 5.06. The summed E-state index contributed by atoms with van der Waals surface area (Å²) in [6.45, 7) is 4.00. The van der Waals surface area contributed by atoms with Gasteiger partial charge < -0.3 is 16.2 Å². The van der Waals surface area contributed by atoms with Gasteiger partial charge in [0, 0.05) is 0 Å². The summed E-state index contributed by atoms with van der Waals surface area (Å²) in [6, 6.07) is 0. The molecule has 0 atom stereocenters. The maximum Gasteiger partial charge on any atom is 0.341 e. The van der Waals surface area contributed by atoms with Crippen molar-refractivity contribution in [3.8, 4) is 0 Å². The summed E-state index contributed by atoms with van der Waals surface area (Å²) in [5, 5.41) is 0.276. The van der Waals surface area contributed by atoms with Crippen molar-refractivity contribution < 1.29 is 14.3 Å². The summed E-state index contributed by atoms with van der Waals surface area (Å²) in [5.41, 5.74) is 11.6. The topological polar surface area (TPSA) is 95.4 Å². The fraction of sp³-hybridized carbons (Fsp3) is 0.455. The molecule has 0 saturated heterocycles. The van der Waals surface area contributed by atoms with Crippen LogP contribution in [0.15, 0.2) is 0 Å². The lowest BCUT2D eigenvalue weighted by Gasteiger charge is -2.04. The summed E-state index contributed by atoms with van der Waals surface area (Å²) in [6.07, 6.45) is 1.75. The number of carbonyl (C=O) groups excluding carboxylic acids is 2. The van der Waals surface area contributed by atoms with Crippen molar-refractivity contribution in [2.24, 2.45) is 5.73 Å². The molecule has 0 unspecified atom stereocenters. The van der Waals surface area contributed by atoms with Crippen LogP contribution in [0.5, 0.6) is 0 Å². The minimum atomic E-state index is -0.577. The Morgan fingerprint density at radius 2 is 2.06 bits per heavy atom. The van der Waals surface area contributed by atoms with Crippen molar-refractivity contribution in [3.05, 3.63) is 16.0 Å². The number of thiophene rings is 1. The second kappa shape index (κ2) is 5.67. The Balaban J connectivity index is 2.90. The van der Waals surface area contributed by atoms with Crippen LogP contribution < -0.4 is 11.5 Å². The van der Waals surface area contributed by atoms with Crippen molar-refractivity contribution in [2.75, 3.05) is 12.3 Å². The molecule has 5 nitrogen and oxygen atoms in total. The molecule has 1 aromatic rings. The van der Waals surface area contributed by atoms with Crippen LogP contribution in [0, 0.1) is 6.92 Å². The molecule has 0 spiro atoms. The molecule has 6 heteroatoms. The molecule has 0 aliphatic rings. The van der Waals surface area contributed by atoms with Gasteiger partial charge >= 0.3 is 5.97 Å². The number of ether oxygens (including phenoxy) is 1. The van der Waals surface area contributed by atoms with Gasteiger partial charge in [-0.3, -0.25) is 4.79 Å². The van der Waals surface area contributed by atoms with Crippen LogP contribution in [-0.2, 0) is 4.74 Å². The molecule has 1 amide bonds. The van der Waals surface area contributed by atoms with E-state index in [1.807, 2.05) is 6.92 Å². The predicted molar refractivity (Wildman–Crippen MR) is 67.2 cm³/mol. The van der Waals surface area contributed by atoms with Gasteiger partial charge in [-0.25, -0.2) is 4.79 Å². The lowest BCUT2D eigenvalue weighted by molar-refractivity contribution is 0.0500. The van der Waals surface area contributed by atoms with Crippen LogP contribution >= 0.6 is 11.3 Å². The van der Waals surface area contributed by atoms with Gasteiger partial charge in [0.15, 0.2) is 0 Å². The molecule has 0 aliphatic carbocycles. The first kappa shape index (κ1) is 13.5. The smallest absolute Gasteiger partial charge is 0.341 e. The number of hydrogen-bond donors (Lipinski definition) is 2. The molecule has 0 aliphatic heterocycles. The van der Waals surface area contributed by atoms with E-state index < -0.39 is 11.9 Å². The first-order valence-corrected chi connectivity index (χ1v) is 6.16. The Kier molecular flexibility index (Phi) is 4.51. The summed E-state index contributed by atoms with van der Waals surface area (Å²) in [7, 11) is 0. The van der Waals surface area contributed by atoms with E-state index in [9.17, 15) is 9.59 Å². The van der Waals surface area contributed by atoms with Gasteiger partial charge in [-0.15, -0.1) is 11.3 Å². The first-order valence-electron chi connectivity index (χ1n) is 5.34. The van der Waals surface area contributed by atoms with Crippen molar-refractivity contribution in [1.82, 2.24) is 0 Å². The number of hydrogen-bond acceptors (Lipinski definition) is 5. The molecule has 1 aromatic heterocycles. The molecule has 0 radical (unpaired) electrons. The summed E-state index contributed by atoms with van der Waals surface area (Å²) in [4.78, 5) is 23.2. The molecule has 0 saturated carbocycles. The standard InChI is InChI=1S/C11H16N2O3S/c1-3-4-5-16-11(15)7-6(2)8(9(12)14)17-10(7)13/h3-5,13H2,1-2H3,(H2,12,14). The number of unbranched alkanes of at least 4 members (excludes halogenated alkanes) is 1. The number of anilines is 1. The maximum absolute atomic E-state index is 11.7. The van der Waals surface area contributed by atoms with E-state index in [0.717, 1.165) is 24.2 Å². The number of nitrogens with two attached hydrogens (primary N) is 2. The van der Waals surface area contributed by atoms with Gasteiger partial charge in [0.2, 0.25) is 0 Å². The number of esters is 1. The zero-order valence-corrected chi connectivity index (χ0v) is 10.7. The van der Waals surface area contributed by atoms with Gasteiger partial charge in [0.25, 0.3) is 5.91 Å². The quantitative estimate of drug-likeness (QED) is 0.619. The highest BCUT2D eigenvalue weighted by Crippen LogP contribution is 2.30. The van der Waals surface area contributed by atoms with Crippen molar-refractivity contribution in [1.29, 1.82) is 0 Å². The lowest BCUT2D eigenvalue weighted by Crippen LogP contribution is -2.12. The maximum atomic E-state index is 11.7. The number of nitrogen functional groups attached to an aromatic ring is 1. The summed E-state index contributed by atoms with van der Waals surface area (Å²) in [5.74, 6) is -1.07. The Morgan fingerprint density at radius 3 is 2.53 bits per heavy atom.